The summed E-state index contributed by atoms with van der Waals surface area (Å²) in [6.45, 7) is 2.41. The van der Waals surface area contributed by atoms with Gasteiger partial charge in [-0.05, 0) is 57.9 Å². The highest BCUT2D eigenvalue weighted by Gasteiger charge is 2.40. The fourth-order valence-corrected chi connectivity index (χ4v) is 3.85. The molecular formula is C17H26N4O3. The molecule has 24 heavy (non-hydrogen) atoms. The van der Waals surface area contributed by atoms with E-state index < -0.39 is 5.60 Å². The van der Waals surface area contributed by atoms with Crippen LogP contribution in [-0.2, 0) is 11.3 Å². The summed E-state index contributed by atoms with van der Waals surface area (Å²) < 4.78 is 5.31. The number of carbonyl (C=O) groups is 1. The monoisotopic (exact) mass is 334 g/mol. The number of hydrogen-bond donors (Lipinski definition) is 2. The van der Waals surface area contributed by atoms with Crippen LogP contribution in [0, 0.1) is 0 Å². The Morgan fingerprint density at radius 2 is 2.08 bits per heavy atom. The Bertz CT molecular complexity index is 592. The maximum atomic E-state index is 12.4. The molecule has 7 heteroatoms. The zero-order valence-electron chi connectivity index (χ0n) is 14.0. The molecule has 3 aliphatic rings. The Morgan fingerprint density at radius 1 is 1.29 bits per heavy atom. The predicted molar refractivity (Wildman–Crippen MR) is 86.1 cm³/mol. The molecule has 1 unspecified atom stereocenters. The van der Waals surface area contributed by atoms with Gasteiger partial charge in [-0.15, -0.1) is 0 Å². The third-order valence-electron chi connectivity index (χ3n) is 5.47. The minimum Gasteiger partial charge on any atom is -0.380 e. The van der Waals surface area contributed by atoms with Crippen LogP contribution in [0.3, 0.4) is 0 Å². The lowest BCUT2D eigenvalue weighted by atomic mass is 9.99. The number of piperidine rings is 1. The number of nitrogens with one attached hydrogen (secondary N) is 1. The highest BCUT2D eigenvalue weighted by atomic mass is 16.5. The zero-order valence-corrected chi connectivity index (χ0v) is 14.0. The molecule has 4 rings (SSSR count). The number of amides is 1. The van der Waals surface area contributed by atoms with Gasteiger partial charge in [-0.25, -0.2) is 0 Å². The largest absolute Gasteiger partial charge is 0.380 e. The van der Waals surface area contributed by atoms with Gasteiger partial charge in [-0.2, -0.15) is 4.98 Å². The molecule has 1 aliphatic heterocycles. The number of nitrogens with zero attached hydrogens (tertiary/aromatic N) is 3. The Labute approximate surface area is 141 Å². The van der Waals surface area contributed by atoms with Gasteiger partial charge >= 0.3 is 0 Å². The topological polar surface area (TPSA) is 91.5 Å². The molecule has 7 nitrogen and oxygen atoms in total. The maximum Gasteiger partial charge on any atom is 0.252 e. The van der Waals surface area contributed by atoms with Gasteiger partial charge in [0.2, 0.25) is 5.89 Å². The molecule has 0 aromatic carbocycles. The first-order valence-corrected chi connectivity index (χ1v) is 9.20. The summed E-state index contributed by atoms with van der Waals surface area (Å²) >= 11 is 0. The lowest BCUT2D eigenvalue weighted by Gasteiger charge is -2.34. The Balaban J connectivity index is 1.30. The van der Waals surface area contributed by atoms with Crippen LogP contribution in [0.1, 0.15) is 69.0 Å². The number of carbonyl (C=O) groups excluding carboxylic acids is 1. The van der Waals surface area contributed by atoms with Gasteiger partial charge in [0.25, 0.3) is 5.91 Å². The van der Waals surface area contributed by atoms with Crippen molar-refractivity contribution >= 4 is 5.91 Å². The average molecular weight is 334 g/mol. The molecule has 2 N–H and O–H groups in total. The van der Waals surface area contributed by atoms with Gasteiger partial charge in [0.05, 0.1) is 6.54 Å². The lowest BCUT2D eigenvalue weighted by Crippen LogP contribution is -2.53. The Kier molecular flexibility index (Phi) is 4.30. The number of aromatic nitrogens is 2. The molecule has 0 radical (unpaired) electrons. The van der Waals surface area contributed by atoms with Crippen LogP contribution in [0.4, 0.5) is 0 Å². The van der Waals surface area contributed by atoms with Gasteiger partial charge in [-0.1, -0.05) is 5.16 Å². The second-order valence-corrected chi connectivity index (χ2v) is 7.61. The van der Waals surface area contributed by atoms with E-state index in [2.05, 4.69) is 20.4 Å². The fourth-order valence-electron chi connectivity index (χ4n) is 3.85. The smallest absolute Gasteiger partial charge is 0.252 e. The van der Waals surface area contributed by atoms with Gasteiger partial charge in [0, 0.05) is 18.5 Å². The number of aliphatic hydroxyl groups is 1. The second-order valence-electron chi connectivity index (χ2n) is 7.61. The molecule has 2 heterocycles. The van der Waals surface area contributed by atoms with E-state index in [9.17, 15) is 9.90 Å². The molecule has 0 spiro atoms. The SMILES string of the molecule is O=C(NC1CCCN(Cc2noc(C3CC3)n2)C1)C1(O)CCCC1. The normalized spacial score (nSPS) is 27.3. The van der Waals surface area contributed by atoms with Crippen LogP contribution >= 0.6 is 0 Å². The Morgan fingerprint density at radius 3 is 2.83 bits per heavy atom. The molecule has 0 bridgehead atoms. The van der Waals surface area contributed by atoms with Crippen molar-refractivity contribution in [2.75, 3.05) is 13.1 Å². The third-order valence-corrected chi connectivity index (χ3v) is 5.47. The molecule has 1 aromatic rings. The average Bonchev–Trinajstić information content (AvgIpc) is 3.15. The molecule has 2 aliphatic carbocycles. The minimum atomic E-state index is -1.14. The predicted octanol–water partition coefficient (Wildman–Crippen LogP) is 1.33. The van der Waals surface area contributed by atoms with E-state index in [1.165, 1.54) is 0 Å². The first-order valence-electron chi connectivity index (χ1n) is 9.20. The van der Waals surface area contributed by atoms with Crippen LogP contribution in [-0.4, -0.2) is 50.8 Å². The fraction of sp³-hybridized carbons (Fsp3) is 0.824. The van der Waals surface area contributed by atoms with E-state index in [1.807, 2.05) is 0 Å². The van der Waals surface area contributed by atoms with Crippen molar-refractivity contribution in [1.29, 1.82) is 0 Å². The van der Waals surface area contributed by atoms with E-state index in [4.69, 9.17) is 4.52 Å². The van der Waals surface area contributed by atoms with Crippen LogP contribution in [0.5, 0.6) is 0 Å². The zero-order chi connectivity index (χ0) is 16.6. The highest BCUT2D eigenvalue weighted by Crippen LogP contribution is 2.38. The molecular weight excluding hydrogens is 308 g/mol. The van der Waals surface area contributed by atoms with Crippen LogP contribution in [0.15, 0.2) is 4.52 Å². The van der Waals surface area contributed by atoms with Crippen LogP contribution < -0.4 is 5.32 Å². The van der Waals surface area contributed by atoms with Gasteiger partial charge in [0.15, 0.2) is 5.82 Å². The molecule has 2 saturated carbocycles. The molecule has 1 amide bonds. The first-order chi connectivity index (χ1) is 11.6. The first kappa shape index (κ1) is 16.0. The molecule has 3 fully saturated rings. The highest BCUT2D eigenvalue weighted by molar-refractivity contribution is 5.85. The maximum absolute atomic E-state index is 12.4. The van der Waals surface area contributed by atoms with Gasteiger partial charge in [-0.3, -0.25) is 9.69 Å². The van der Waals surface area contributed by atoms with Crippen molar-refractivity contribution in [3.8, 4) is 0 Å². The van der Waals surface area contributed by atoms with E-state index in [0.717, 1.165) is 63.3 Å². The van der Waals surface area contributed by atoms with Crippen molar-refractivity contribution in [3.63, 3.8) is 0 Å². The van der Waals surface area contributed by atoms with Crippen molar-refractivity contribution in [3.05, 3.63) is 11.7 Å². The summed E-state index contributed by atoms with van der Waals surface area (Å²) in [5, 5.41) is 17.5. The third kappa shape index (κ3) is 3.47. The van der Waals surface area contributed by atoms with E-state index >= 15 is 0 Å². The number of likely N-dealkylation sites (tertiary alicyclic amines) is 1. The quantitative estimate of drug-likeness (QED) is 0.844. The van der Waals surface area contributed by atoms with Crippen molar-refractivity contribution in [2.45, 2.75) is 75.5 Å². The summed E-state index contributed by atoms with van der Waals surface area (Å²) in [5.41, 5.74) is -1.14. The molecule has 1 atom stereocenters. The standard InChI is InChI=1S/C17H26N4O3/c22-16(17(23)7-1-2-8-17)18-13-4-3-9-21(10-13)11-14-19-15(24-20-14)12-5-6-12/h12-13,23H,1-11H2,(H,18,22). The summed E-state index contributed by atoms with van der Waals surface area (Å²) in [5.74, 6) is 1.79. The van der Waals surface area contributed by atoms with E-state index in [-0.39, 0.29) is 11.9 Å². The summed E-state index contributed by atoms with van der Waals surface area (Å²) in [6.07, 6.45) is 7.33. The van der Waals surface area contributed by atoms with Crippen molar-refractivity contribution in [1.82, 2.24) is 20.4 Å². The van der Waals surface area contributed by atoms with Crippen molar-refractivity contribution in [2.24, 2.45) is 0 Å². The van der Waals surface area contributed by atoms with Crippen LogP contribution in [0.2, 0.25) is 0 Å². The molecule has 132 valence electrons. The molecule has 1 aromatic heterocycles. The van der Waals surface area contributed by atoms with E-state index in [1.54, 1.807) is 0 Å². The van der Waals surface area contributed by atoms with Crippen LogP contribution in [0.25, 0.3) is 0 Å². The number of rotatable bonds is 5. The number of hydrogen-bond acceptors (Lipinski definition) is 6. The van der Waals surface area contributed by atoms with E-state index in [0.29, 0.717) is 25.3 Å². The Hall–Kier alpha value is -1.47. The summed E-state index contributed by atoms with van der Waals surface area (Å²) in [7, 11) is 0. The second kappa shape index (κ2) is 6.44. The van der Waals surface area contributed by atoms with Gasteiger partial charge < -0.3 is 14.9 Å². The summed E-state index contributed by atoms with van der Waals surface area (Å²) in [6, 6.07) is 0.0886. The van der Waals surface area contributed by atoms with Gasteiger partial charge in [0.1, 0.15) is 5.60 Å². The molecule has 1 saturated heterocycles. The minimum absolute atomic E-state index is 0.0886. The summed E-state index contributed by atoms with van der Waals surface area (Å²) in [4.78, 5) is 19.1. The van der Waals surface area contributed by atoms with Crippen molar-refractivity contribution < 1.29 is 14.4 Å². The lowest BCUT2D eigenvalue weighted by molar-refractivity contribution is -0.140.